The molecule has 190 valence electrons. The van der Waals surface area contributed by atoms with Crippen LogP contribution in [-0.2, 0) is 25.7 Å². The second-order valence-corrected chi connectivity index (χ2v) is 9.42. The topological polar surface area (TPSA) is 149 Å². The zero-order valence-electron chi connectivity index (χ0n) is 20.7. The zero-order valence-corrected chi connectivity index (χ0v) is 20.7. The molecule has 0 aliphatic heterocycles. The third-order valence-corrected chi connectivity index (χ3v) is 4.53. The Morgan fingerprint density at radius 1 is 0.971 bits per heavy atom. The minimum Gasteiger partial charge on any atom is -0.445 e. The summed E-state index contributed by atoms with van der Waals surface area (Å²) in [6.45, 7) is 9.29. The van der Waals surface area contributed by atoms with Crippen LogP contribution < -0.4 is 21.7 Å². The van der Waals surface area contributed by atoms with E-state index in [2.05, 4.69) is 16.0 Å². The monoisotopic (exact) mass is 478 g/mol. The highest BCUT2D eigenvalue weighted by Crippen LogP contribution is 2.09. The first-order chi connectivity index (χ1) is 15.9. The van der Waals surface area contributed by atoms with Crippen LogP contribution in [0, 0.1) is 5.92 Å². The van der Waals surface area contributed by atoms with Gasteiger partial charge in [-0.05, 0) is 51.5 Å². The smallest absolute Gasteiger partial charge is 0.408 e. The van der Waals surface area contributed by atoms with Crippen molar-refractivity contribution in [3.63, 3.8) is 0 Å². The summed E-state index contributed by atoms with van der Waals surface area (Å²) in [4.78, 5) is 48.7. The lowest BCUT2D eigenvalue weighted by Crippen LogP contribution is -2.53. The SMILES string of the molecule is CC(C)CC(NC(=O)C(CCCNC(=O)OCc1ccccc1)NC(=O)OC(C)(C)C)C(N)=O. The molecule has 2 unspecified atom stereocenters. The van der Waals surface area contributed by atoms with Gasteiger partial charge in [0.25, 0.3) is 0 Å². The van der Waals surface area contributed by atoms with E-state index < -0.39 is 41.7 Å². The van der Waals surface area contributed by atoms with Crippen molar-refractivity contribution in [2.75, 3.05) is 6.54 Å². The van der Waals surface area contributed by atoms with Crippen LogP contribution in [0.4, 0.5) is 9.59 Å². The van der Waals surface area contributed by atoms with Crippen molar-refractivity contribution >= 4 is 24.0 Å². The summed E-state index contributed by atoms with van der Waals surface area (Å²) in [6.07, 6.45) is -0.426. The van der Waals surface area contributed by atoms with Crippen LogP contribution in [0.5, 0.6) is 0 Å². The number of primary amides is 1. The van der Waals surface area contributed by atoms with Gasteiger partial charge in [0, 0.05) is 6.54 Å². The Kier molecular flexibility index (Phi) is 11.9. The van der Waals surface area contributed by atoms with Crippen LogP contribution >= 0.6 is 0 Å². The van der Waals surface area contributed by atoms with Crippen molar-refractivity contribution in [2.24, 2.45) is 11.7 Å². The van der Waals surface area contributed by atoms with Crippen molar-refractivity contribution in [1.82, 2.24) is 16.0 Å². The minimum absolute atomic E-state index is 0.126. The molecule has 0 heterocycles. The van der Waals surface area contributed by atoms with E-state index in [-0.39, 0.29) is 25.5 Å². The molecule has 5 N–H and O–H groups in total. The Labute approximate surface area is 201 Å². The number of nitrogens with two attached hydrogens (primary N) is 1. The van der Waals surface area contributed by atoms with Gasteiger partial charge in [-0.3, -0.25) is 9.59 Å². The second-order valence-electron chi connectivity index (χ2n) is 9.42. The Bertz CT molecular complexity index is 807. The Morgan fingerprint density at radius 3 is 2.18 bits per heavy atom. The van der Waals surface area contributed by atoms with Gasteiger partial charge in [-0.15, -0.1) is 0 Å². The number of benzene rings is 1. The predicted octanol–water partition coefficient (Wildman–Crippen LogP) is 2.60. The highest BCUT2D eigenvalue weighted by atomic mass is 16.6. The summed E-state index contributed by atoms with van der Waals surface area (Å²) in [5.74, 6) is -1.08. The van der Waals surface area contributed by atoms with Gasteiger partial charge in [-0.2, -0.15) is 0 Å². The number of nitrogens with one attached hydrogen (secondary N) is 3. The van der Waals surface area contributed by atoms with Gasteiger partial charge in [0.2, 0.25) is 11.8 Å². The molecule has 0 saturated carbocycles. The van der Waals surface area contributed by atoms with Crippen LogP contribution in [0.15, 0.2) is 30.3 Å². The standard InChI is InChI=1S/C24H38N4O6/c1-16(2)14-19(20(25)29)27-21(30)18(28-23(32)34-24(3,4)5)12-9-13-26-22(31)33-15-17-10-7-6-8-11-17/h6-8,10-11,16,18-19H,9,12-15H2,1-5H3,(H2,25,29)(H,26,31)(H,27,30)(H,28,32). The molecular formula is C24H38N4O6. The zero-order chi connectivity index (χ0) is 25.7. The maximum Gasteiger partial charge on any atom is 0.408 e. The lowest BCUT2D eigenvalue weighted by Gasteiger charge is -2.25. The molecule has 10 nitrogen and oxygen atoms in total. The third kappa shape index (κ3) is 12.7. The van der Waals surface area contributed by atoms with E-state index in [1.807, 2.05) is 44.2 Å². The first-order valence-corrected chi connectivity index (χ1v) is 11.4. The number of ether oxygens (including phenoxy) is 2. The molecule has 0 aromatic heterocycles. The fourth-order valence-electron chi connectivity index (χ4n) is 2.98. The molecular weight excluding hydrogens is 440 g/mol. The first-order valence-electron chi connectivity index (χ1n) is 11.4. The van der Waals surface area contributed by atoms with Gasteiger partial charge in [0.05, 0.1) is 0 Å². The van der Waals surface area contributed by atoms with Crippen molar-refractivity contribution in [2.45, 2.75) is 78.2 Å². The summed E-state index contributed by atoms with van der Waals surface area (Å²) < 4.78 is 10.4. The number of alkyl carbamates (subject to hydrolysis) is 2. The third-order valence-electron chi connectivity index (χ3n) is 4.53. The van der Waals surface area contributed by atoms with Crippen LogP contribution in [0.2, 0.25) is 0 Å². The Balaban J connectivity index is 2.63. The van der Waals surface area contributed by atoms with Crippen molar-refractivity contribution in [3.05, 3.63) is 35.9 Å². The second kappa shape index (κ2) is 14.1. The van der Waals surface area contributed by atoms with Crippen molar-refractivity contribution in [1.29, 1.82) is 0 Å². The van der Waals surface area contributed by atoms with Crippen LogP contribution in [0.25, 0.3) is 0 Å². The number of hydrogen-bond donors (Lipinski definition) is 4. The van der Waals surface area contributed by atoms with E-state index in [0.29, 0.717) is 12.8 Å². The molecule has 34 heavy (non-hydrogen) atoms. The molecule has 2 atom stereocenters. The van der Waals surface area contributed by atoms with E-state index in [1.165, 1.54) is 0 Å². The fourth-order valence-corrected chi connectivity index (χ4v) is 2.98. The lowest BCUT2D eigenvalue weighted by atomic mass is 10.0. The summed E-state index contributed by atoms with van der Waals surface area (Å²) >= 11 is 0. The van der Waals surface area contributed by atoms with Gasteiger partial charge in [-0.25, -0.2) is 9.59 Å². The minimum atomic E-state index is -0.981. The molecule has 1 rings (SSSR count). The van der Waals surface area contributed by atoms with E-state index in [0.717, 1.165) is 5.56 Å². The molecule has 1 aromatic rings. The maximum atomic E-state index is 12.8. The highest BCUT2D eigenvalue weighted by molar-refractivity contribution is 5.90. The highest BCUT2D eigenvalue weighted by Gasteiger charge is 2.27. The molecule has 0 aliphatic carbocycles. The van der Waals surface area contributed by atoms with E-state index >= 15 is 0 Å². The number of hydrogen-bond acceptors (Lipinski definition) is 6. The first kappa shape index (κ1) is 28.7. The van der Waals surface area contributed by atoms with Crippen LogP contribution in [0.1, 0.15) is 59.4 Å². The van der Waals surface area contributed by atoms with Crippen molar-refractivity contribution < 1.29 is 28.7 Å². The number of carbonyl (C=O) groups is 4. The largest absolute Gasteiger partial charge is 0.445 e. The summed E-state index contributed by atoms with van der Waals surface area (Å²) in [7, 11) is 0. The van der Waals surface area contributed by atoms with Crippen molar-refractivity contribution in [3.8, 4) is 0 Å². The van der Waals surface area contributed by atoms with Gasteiger partial charge < -0.3 is 31.2 Å². The van der Waals surface area contributed by atoms with E-state index in [4.69, 9.17) is 15.2 Å². The summed E-state index contributed by atoms with van der Waals surface area (Å²) in [6, 6.07) is 7.42. The summed E-state index contributed by atoms with van der Waals surface area (Å²) in [5, 5.41) is 7.76. The van der Waals surface area contributed by atoms with E-state index in [1.54, 1.807) is 20.8 Å². The van der Waals surface area contributed by atoms with Crippen LogP contribution in [0.3, 0.4) is 0 Å². The Morgan fingerprint density at radius 2 is 1.62 bits per heavy atom. The van der Waals surface area contributed by atoms with Crippen LogP contribution in [-0.4, -0.2) is 48.2 Å². The number of rotatable bonds is 12. The average Bonchev–Trinajstić information content (AvgIpc) is 2.72. The molecule has 0 aliphatic rings. The number of amides is 4. The fraction of sp³-hybridized carbons (Fsp3) is 0.583. The molecule has 4 amide bonds. The molecule has 10 heteroatoms. The normalized spacial score (nSPS) is 12.9. The molecule has 0 fully saturated rings. The van der Waals surface area contributed by atoms with E-state index in [9.17, 15) is 19.2 Å². The predicted molar refractivity (Wildman–Crippen MR) is 128 cm³/mol. The lowest BCUT2D eigenvalue weighted by molar-refractivity contribution is -0.129. The molecule has 0 spiro atoms. The van der Waals surface area contributed by atoms with Gasteiger partial charge in [0.1, 0.15) is 24.3 Å². The Hall–Kier alpha value is -3.30. The van der Waals surface area contributed by atoms with Gasteiger partial charge >= 0.3 is 12.2 Å². The average molecular weight is 479 g/mol. The molecule has 0 radical (unpaired) electrons. The quantitative estimate of drug-likeness (QED) is 0.339. The molecule has 1 aromatic carbocycles. The molecule has 0 saturated heterocycles. The van der Waals surface area contributed by atoms with Gasteiger partial charge in [0.15, 0.2) is 0 Å². The van der Waals surface area contributed by atoms with Gasteiger partial charge in [-0.1, -0.05) is 44.2 Å². The number of carbonyl (C=O) groups excluding carboxylic acids is 4. The summed E-state index contributed by atoms with van der Waals surface area (Å²) in [5.41, 5.74) is 5.53. The molecule has 0 bridgehead atoms. The maximum absolute atomic E-state index is 12.8.